The molecule has 0 fully saturated rings. The second kappa shape index (κ2) is 3.93. The third-order valence-electron chi connectivity index (χ3n) is 1.88. The minimum absolute atomic E-state index is 0.0209. The Balaban J connectivity index is 2.62. The molecule has 0 aromatic carbocycles. The lowest BCUT2D eigenvalue weighted by molar-refractivity contribution is -0.0165. The predicted molar refractivity (Wildman–Crippen MR) is 59.6 cm³/mol. The Labute approximate surface area is 91.6 Å². The maximum absolute atomic E-state index is 5.63. The van der Waals surface area contributed by atoms with Gasteiger partial charge in [0.1, 0.15) is 5.69 Å². The first-order valence-corrected chi connectivity index (χ1v) is 5.24. The van der Waals surface area contributed by atoms with Crippen LogP contribution >= 0.6 is 0 Å². The van der Waals surface area contributed by atoms with Crippen molar-refractivity contribution in [1.29, 1.82) is 0 Å². The van der Waals surface area contributed by atoms with E-state index in [1.54, 1.807) is 0 Å². The normalized spacial score (nSPS) is 13.2. The van der Waals surface area contributed by atoms with Crippen LogP contribution in [0.2, 0.25) is 0 Å². The molecule has 0 amide bonds. The van der Waals surface area contributed by atoms with E-state index in [1.165, 1.54) is 0 Å². The van der Waals surface area contributed by atoms with Gasteiger partial charge in [-0.1, -0.05) is 5.21 Å². The topological polar surface area (TPSA) is 39.9 Å². The minimum Gasteiger partial charge on any atom is -0.369 e. The number of nitrogens with zero attached hydrogens (tertiary/aromatic N) is 3. The summed E-state index contributed by atoms with van der Waals surface area (Å²) in [6.45, 7) is 12.9. The van der Waals surface area contributed by atoms with Crippen LogP contribution in [0.1, 0.15) is 47.2 Å². The van der Waals surface area contributed by atoms with Crippen molar-refractivity contribution in [3.63, 3.8) is 0 Å². The molecule has 0 atom stereocenters. The lowest BCUT2D eigenvalue weighted by atomic mass is 10.1. The maximum atomic E-state index is 5.63. The monoisotopic (exact) mass is 211 g/mol. The molecule has 0 saturated heterocycles. The summed E-state index contributed by atoms with van der Waals surface area (Å²) in [6, 6.07) is 0. The molecule has 0 aliphatic heterocycles. The predicted octanol–water partition coefficient (Wildman–Crippen LogP) is 2.35. The molecule has 1 aromatic heterocycles. The third-order valence-corrected chi connectivity index (χ3v) is 1.88. The van der Waals surface area contributed by atoms with Crippen molar-refractivity contribution in [1.82, 2.24) is 15.0 Å². The molecule has 86 valence electrons. The van der Waals surface area contributed by atoms with E-state index in [-0.39, 0.29) is 11.1 Å². The van der Waals surface area contributed by atoms with Gasteiger partial charge >= 0.3 is 0 Å². The minimum atomic E-state index is -0.133. The highest BCUT2D eigenvalue weighted by Crippen LogP contribution is 2.14. The molecule has 4 nitrogen and oxygen atoms in total. The SMILES string of the molecule is CC(C)(C)OCc1cn(C(C)(C)C)nn1. The Morgan fingerprint density at radius 2 is 1.80 bits per heavy atom. The fourth-order valence-electron chi connectivity index (χ4n) is 0.983. The van der Waals surface area contributed by atoms with Crippen LogP contribution in [-0.2, 0) is 16.9 Å². The quantitative estimate of drug-likeness (QED) is 0.754. The van der Waals surface area contributed by atoms with E-state index in [9.17, 15) is 0 Å². The first kappa shape index (κ1) is 12.2. The van der Waals surface area contributed by atoms with Crippen LogP contribution in [0.3, 0.4) is 0 Å². The van der Waals surface area contributed by atoms with E-state index < -0.39 is 0 Å². The van der Waals surface area contributed by atoms with E-state index in [0.717, 1.165) is 5.69 Å². The highest BCUT2D eigenvalue weighted by Gasteiger charge is 2.16. The molecular formula is C11H21N3O. The number of hydrogen-bond acceptors (Lipinski definition) is 3. The molecular weight excluding hydrogens is 190 g/mol. The summed E-state index contributed by atoms with van der Waals surface area (Å²) in [5.74, 6) is 0. The zero-order valence-electron chi connectivity index (χ0n) is 10.5. The third kappa shape index (κ3) is 4.00. The number of ether oxygens (including phenoxy) is 1. The first-order valence-electron chi connectivity index (χ1n) is 5.24. The van der Waals surface area contributed by atoms with Crippen LogP contribution < -0.4 is 0 Å². The largest absolute Gasteiger partial charge is 0.369 e. The van der Waals surface area contributed by atoms with Crippen molar-refractivity contribution in [2.75, 3.05) is 0 Å². The van der Waals surface area contributed by atoms with Gasteiger partial charge in [0.25, 0.3) is 0 Å². The average molecular weight is 211 g/mol. The highest BCUT2D eigenvalue weighted by molar-refractivity contribution is 4.92. The molecule has 4 heteroatoms. The average Bonchev–Trinajstić information content (AvgIpc) is 2.45. The Morgan fingerprint density at radius 1 is 1.20 bits per heavy atom. The van der Waals surface area contributed by atoms with Crippen LogP contribution in [-0.4, -0.2) is 20.6 Å². The molecule has 0 spiro atoms. The number of hydrogen-bond donors (Lipinski definition) is 0. The summed E-state index contributed by atoms with van der Waals surface area (Å²) in [7, 11) is 0. The molecule has 0 saturated carbocycles. The van der Waals surface area contributed by atoms with Crippen molar-refractivity contribution in [2.24, 2.45) is 0 Å². The zero-order chi connectivity index (χ0) is 11.7. The van der Waals surface area contributed by atoms with Crippen molar-refractivity contribution >= 4 is 0 Å². The second-order valence-corrected chi connectivity index (χ2v) is 5.73. The van der Waals surface area contributed by atoms with Gasteiger partial charge in [-0.3, -0.25) is 0 Å². The van der Waals surface area contributed by atoms with Crippen molar-refractivity contribution in [3.05, 3.63) is 11.9 Å². The lowest BCUT2D eigenvalue weighted by Crippen LogP contribution is -2.22. The molecule has 0 aliphatic rings. The second-order valence-electron chi connectivity index (χ2n) is 5.73. The number of rotatable bonds is 2. The van der Waals surface area contributed by atoms with Gasteiger partial charge in [0.15, 0.2) is 0 Å². The van der Waals surface area contributed by atoms with E-state index in [4.69, 9.17) is 4.74 Å². The Hall–Kier alpha value is -0.900. The van der Waals surface area contributed by atoms with Gasteiger partial charge in [0.05, 0.1) is 23.9 Å². The molecule has 0 radical (unpaired) electrons. The maximum Gasteiger partial charge on any atom is 0.108 e. The van der Waals surface area contributed by atoms with Gasteiger partial charge in [-0.05, 0) is 41.5 Å². The molecule has 1 heterocycles. The first-order chi connectivity index (χ1) is 6.68. The highest BCUT2D eigenvalue weighted by atomic mass is 16.5. The summed E-state index contributed by atoms with van der Waals surface area (Å²) in [4.78, 5) is 0. The van der Waals surface area contributed by atoms with E-state index in [0.29, 0.717) is 6.61 Å². The fraction of sp³-hybridized carbons (Fsp3) is 0.818. The van der Waals surface area contributed by atoms with Crippen molar-refractivity contribution in [3.8, 4) is 0 Å². The summed E-state index contributed by atoms with van der Waals surface area (Å²) in [5, 5.41) is 8.15. The molecule has 1 rings (SSSR count). The van der Waals surface area contributed by atoms with Gasteiger partial charge < -0.3 is 4.74 Å². The molecule has 1 aromatic rings. The van der Waals surface area contributed by atoms with Crippen molar-refractivity contribution in [2.45, 2.75) is 59.3 Å². The molecule has 15 heavy (non-hydrogen) atoms. The summed E-state index contributed by atoms with van der Waals surface area (Å²) in [5.41, 5.74) is 0.721. The Kier molecular flexibility index (Phi) is 3.19. The van der Waals surface area contributed by atoms with Crippen molar-refractivity contribution < 1.29 is 4.74 Å². The van der Waals surface area contributed by atoms with Crippen LogP contribution in [0.25, 0.3) is 0 Å². The van der Waals surface area contributed by atoms with Crippen LogP contribution in [0.4, 0.5) is 0 Å². The molecule has 0 aliphatic carbocycles. The lowest BCUT2D eigenvalue weighted by Gasteiger charge is -2.19. The van der Waals surface area contributed by atoms with Gasteiger partial charge in [0.2, 0.25) is 0 Å². The smallest absolute Gasteiger partial charge is 0.108 e. The van der Waals surface area contributed by atoms with Crippen LogP contribution in [0.5, 0.6) is 0 Å². The molecule has 0 N–H and O–H groups in total. The number of aromatic nitrogens is 3. The van der Waals surface area contributed by atoms with Crippen LogP contribution in [0.15, 0.2) is 6.20 Å². The molecule has 0 unspecified atom stereocenters. The van der Waals surface area contributed by atoms with E-state index in [2.05, 4.69) is 31.1 Å². The zero-order valence-corrected chi connectivity index (χ0v) is 10.5. The van der Waals surface area contributed by atoms with Gasteiger partial charge in [-0.2, -0.15) is 0 Å². The Bertz CT molecular complexity index is 317. The Morgan fingerprint density at radius 3 is 2.20 bits per heavy atom. The van der Waals surface area contributed by atoms with Gasteiger partial charge in [-0.25, -0.2) is 4.68 Å². The van der Waals surface area contributed by atoms with E-state index >= 15 is 0 Å². The standard InChI is InChI=1S/C11H21N3O/c1-10(2,3)14-7-9(12-13-14)8-15-11(4,5)6/h7H,8H2,1-6H3. The van der Waals surface area contributed by atoms with Gasteiger partial charge in [0, 0.05) is 0 Å². The van der Waals surface area contributed by atoms with E-state index in [1.807, 2.05) is 31.6 Å². The summed E-state index contributed by atoms with van der Waals surface area (Å²) >= 11 is 0. The fourth-order valence-corrected chi connectivity index (χ4v) is 0.983. The van der Waals surface area contributed by atoms with Gasteiger partial charge in [-0.15, -0.1) is 5.10 Å². The summed E-state index contributed by atoms with van der Waals surface area (Å²) in [6.07, 6.45) is 1.94. The molecule has 0 bridgehead atoms. The van der Waals surface area contributed by atoms with Crippen LogP contribution in [0, 0.1) is 0 Å². The summed E-state index contributed by atoms with van der Waals surface area (Å²) < 4.78 is 7.48.